The summed E-state index contributed by atoms with van der Waals surface area (Å²) in [6, 6.07) is 4.12. The highest BCUT2D eigenvalue weighted by Crippen LogP contribution is 2.67. The lowest BCUT2D eigenvalue weighted by Crippen LogP contribution is -2.51. The van der Waals surface area contributed by atoms with Crippen molar-refractivity contribution < 1.29 is 14.5 Å². The SMILES string of the molecule is CC(=O)O[C@H]1CC[C@@]2(C)C(=C([N+](=O)[O-])C[C@@H]3[C@@H]2CC[C@]2(C)C(c4cccnc4)=CC[C@@H]32)C1. The van der Waals surface area contributed by atoms with Crippen LogP contribution in [0.3, 0.4) is 0 Å². The summed E-state index contributed by atoms with van der Waals surface area (Å²) in [6.45, 7) is 6.03. The summed E-state index contributed by atoms with van der Waals surface area (Å²) in [5.74, 6) is 0.859. The van der Waals surface area contributed by atoms with E-state index in [-0.39, 0.29) is 27.8 Å². The Morgan fingerprint density at radius 1 is 1.19 bits per heavy atom. The van der Waals surface area contributed by atoms with E-state index in [9.17, 15) is 14.9 Å². The molecule has 4 aliphatic rings. The van der Waals surface area contributed by atoms with Gasteiger partial charge in [-0.25, -0.2) is 0 Å². The molecule has 0 spiro atoms. The molecule has 2 saturated carbocycles. The predicted octanol–water partition coefficient (Wildman–Crippen LogP) is 5.57. The van der Waals surface area contributed by atoms with Gasteiger partial charge < -0.3 is 4.74 Å². The molecule has 0 bridgehead atoms. The number of fused-ring (bicyclic) bond motifs is 5. The Balaban J connectivity index is 1.50. The van der Waals surface area contributed by atoms with Crippen LogP contribution in [0.1, 0.15) is 71.3 Å². The Hall–Kier alpha value is -2.50. The van der Waals surface area contributed by atoms with Gasteiger partial charge >= 0.3 is 5.97 Å². The van der Waals surface area contributed by atoms with Crippen molar-refractivity contribution >= 4 is 11.5 Å². The topological polar surface area (TPSA) is 82.3 Å². The highest BCUT2D eigenvalue weighted by atomic mass is 16.6. The number of hydrogen-bond donors (Lipinski definition) is 0. The van der Waals surface area contributed by atoms with Gasteiger partial charge in [-0.1, -0.05) is 26.0 Å². The fourth-order valence-electron chi connectivity index (χ4n) is 7.80. The zero-order valence-electron chi connectivity index (χ0n) is 19.2. The summed E-state index contributed by atoms with van der Waals surface area (Å²) < 4.78 is 5.49. The second-order valence-corrected chi connectivity index (χ2v) is 10.7. The standard InChI is InChI=1S/C26H32N2O4/c1-16(29)32-18-8-10-26(3)22-9-11-25(2)20(17-5-4-12-27-15-17)6-7-21(25)19(22)14-24(28(30)31)23(26)13-18/h4-6,12,15,18-19,21-22H,7-11,13-14H2,1-3H3/t18-,19-,21-,22-,25+,26+/m0/s1. The lowest BCUT2D eigenvalue weighted by Gasteiger charge is -2.57. The fraction of sp³-hybridized carbons (Fsp3) is 0.615. The molecule has 0 saturated heterocycles. The first-order valence-corrected chi connectivity index (χ1v) is 11.9. The van der Waals surface area contributed by atoms with Crippen LogP contribution in [-0.2, 0) is 9.53 Å². The molecule has 6 atom stereocenters. The van der Waals surface area contributed by atoms with E-state index in [2.05, 4.69) is 31.0 Å². The number of nitro groups is 1. The van der Waals surface area contributed by atoms with E-state index in [0.717, 1.165) is 37.7 Å². The Bertz CT molecular complexity index is 1020. The molecule has 0 aliphatic heterocycles. The first-order chi connectivity index (χ1) is 15.2. The molecule has 2 fully saturated rings. The normalized spacial score (nSPS) is 38.3. The summed E-state index contributed by atoms with van der Waals surface area (Å²) in [4.78, 5) is 27.9. The van der Waals surface area contributed by atoms with Crippen LogP contribution in [0, 0.1) is 38.7 Å². The van der Waals surface area contributed by atoms with E-state index >= 15 is 0 Å². The second kappa shape index (κ2) is 7.53. The molecule has 0 unspecified atom stereocenters. The second-order valence-electron chi connectivity index (χ2n) is 10.7. The van der Waals surface area contributed by atoms with E-state index in [4.69, 9.17) is 4.74 Å². The molecular weight excluding hydrogens is 404 g/mol. The lowest BCUT2D eigenvalue weighted by molar-refractivity contribution is -0.434. The van der Waals surface area contributed by atoms with Gasteiger partial charge in [0.15, 0.2) is 0 Å². The molecule has 0 aromatic carbocycles. The summed E-state index contributed by atoms with van der Waals surface area (Å²) in [6.07, 6.45) is 11.7. The maximum Gasteiger partial charge on any atom is 0.302 e. The van der Waals surface area contributed by atoms with Gasteiger partial charge in [-0.2, -0.15) is 0 Å². The van der Waals surface area contributed by atoms with E-state index in [1.165, 1.54) is 18.1 Å². The molecule has 32 heavy (non-hydrogen) atoms. The average Bonchev–Trinajstić information content (AvgIpc) is 3.11. The Labute approximate surface area is 189 Å². The van der Waals surface area contributed by atoms with Crippen LogP contribution in [0.15, 0.2) is 41.9 Å². The number of hydrogen-bond acceptors (Lipinski definition) is 5. The maximum absolute atomic E-state index is 12.2. The maximum atomic E-state index is 12.2. The molecule has 6 heteroatoms. The van der Waals surface area contributed by atoms with Crippen LogP contribution in [0.5, 0.6) is 0 Å². The minimum Gasteiger partial charge on any atom is -0.462 e. The van der Waals surface area contributed by atoms with E-state index in [0.29, 0.717) is 36.3 Å². The Kier molecular flexibility index (Phi) is 5.02. The Morgan fingerprint density at radius 3 is 2.66 bits per heavy atom. The number of esters is 1. The van der Waals surface area contributed by atoms with Crippen molar-refractivity contribution in [2.75, 3.05) is 0 Å². The van der Waals surface area contributed by atoms with Gasteiger partial charge in [-0.15, -0.1) is 0 Å². The predicted molar refractivity (Wildman–Crippen MR) is 121 cm³/mol. The van der Waals surface area contributed by atoms with Gasteiger partial charge in [0, 0.05) is 37.7 Å². The summed E-state index contributed by atoms with van der Waals surface area (Å²) in [5.41, 5.74) is 3.75. The van der Waals surface area contributed by atoms with Crippen LogP contribution >= 0.6 is 0 Å². The number of carbonyl (C=O) groups is 1. The first-order valence-electron chi connectivity index (χ1n) is 11.9. The molecule has 1 heterocycles. The molecule has 4 aliphatic carbocycles. The van der Waals surface area contributed by atoms with E-state index < -0.39 is 0 Å². The van der Waals surface area contributed by atoms with Gasteiger partial charge in [-0.3, -0.25) is 19.9 Å². The first kappa shape index (κ1) is 21.4. The molecule has 170 valence electrons. The molecule has 6 nitrogen and oxygen atoms in total. The van der Waals surface area contributed by atoms with Crippen molar-refractivity contribution in [3.63, 3.8) is 0 Å². The van der Waals surface area contributed by atoms with Crippen LogP contribution in [0.25, 0.3) is 5.57 Å². The third kappa shape index (κ3) is 3.13. The summed E-state index contributed by atoms with van der Waals surface area (Å²) in [5, 5.41) is 12.2. The van der Waals surface area contributed by atoms with Gasteiger partial charge in [0.05, 0.1) is 4.92 Å². The number of allylic oxidation sites excluding steroid dienone is 3. The van der Waals surface area contributed by atoms with E-state index in [1.807, 2.05) is 12.3 Å². The van der Waals surface area contributed by atoms with Crippen molar-refractivity contribution in [1.82, 2.24) is 4.98 Å². The van der Waals surface area contributed by atoms with Crippen molar-refractivity contribution in [2.24, 2.45) is 28.6 Å². The molecule has 1 aromatic rings. The Morgan fingerprint density at radius 2 is 1.97 bits per heavy atom. The molecular formula is C26H32N2O4. The number of ether oxygens (including phenoxy) is 1. The quantitative estimate of drug-likeness (QED) is 0.351. The van der Waals surface area contributed by atoms with Crippen molar-refractivity contribution in [2.45, 2.75) is 71.8 Å². The third-order valence-corrected chi connectivity index (χ3v) is 9.25. The molecule has 0 N–H and O–H groups in total. The lowest BCUT2D eigenvalue weighted by atomic mass is 9.46. The smallest absolute Gasteiger partial charge is 0.302 e. The molecule has 5 rings (SSSR count). The minimum absolute atomic E-state index is 0.0364. The minimum atomic E-state index is -0.302. The average molecular weight is 437 g/mol. The molecule has 0 radical (unpaired) electrons. The number of carbonyl (C=O) groups excluding carboxylic acids is 1. The summed E-state index contributed by atoms with van der Waals surface area (Å²) in [7, 11) is 0. The fourth-order valence-corrected chi connectivity index (χ4v) is 7.80. The van der Waals surface area contributed by atoms with Gasteiger partial charge in [0.25, 0.3) is 0 Å². The zero-order chi connectivity index (χ0) is 22.7. The summed E-state index contributed by atoms with van der Waals surface area (Å²) >= 11 is 0. The number of pyridine rings is 1. The number of rotatable bonds is 3. The third-order valence-electron chi connectivity index (χ3n) is 9.25. The van der Waals surface area contributed by atoms with Gasteiger partial charge in [-0.05, 0) is 77.9 Å². The monoisotopic (exact) mass is 436 g/mol. The molecule has 0 amide bonds. The van der Waals surface area contributed by atoms with Crippen LogP contribution in [-0.4, -0.2) is 22.0 Å². The van der Waals surface area contributed by atoms with Crippen molar-refractivity contribution in [1.29, 1.82) is 0 Å². The highest BCUT2D eigenvalue weighted by molar-refractivity contribution is 5.72. The number of aromatic nitrogens is 1. The zero-order valence-corrected chi connectivity index (χ0v) is 19.2. The highest BCUT2D eigenvalue weighted by Gasteiger charge is 2.60. The largest absolute Gasteiger partial charge is 0.462 e. The van der Waals surface area contributed by atoms with Crippen LogP contribution in [0.2, 0.25) is 0 Å². The van der Waals surface area contributed by atoms with Crippen molar-refractivity contribution in [3.05, 3.63) is 57.6 Å². The van der Waals surface area contributed by atoms with Gasteiger partial charge in [0.2, 0.25) is 5.70 Å². The van der Waals surface area contributed by atoms with Crippen molar-refractivity contribution in [3.8, 4) is 0 Å². The number of nitrogens with zero attached hydrogens (tertiary/aromatic N) is 2. The van der Waals surface area contributed by atoms with E-state index in [1.54, 1.807) is 6.20 Å². The van der Waals surface area contributed by atoms with Crippen LogP contribution < -0.4 is 0 Å². The van der Waals surface area contributed by atoms with Gasteiger partial charge in [0.1, 0.15) is 6.10 Å². The van der Waals surface area contributed by atoms with Crippen LogP contribution in [0.4, 0.5) is 0 Å². The molecule has 1 aromatic heterocycles.